The third kappa shape index (κ3) is 6.89. The predicted octanol–water partition coefficient (Wildman–Crippen LogP) is 2.65. The van der Waals surface area contributed by atoms with Gasteiger partial charge in [-0.05, 0) is 40.2 Å². The molecule has 2 aliphatic heterocycles. The van der Waals surface area contributed by atoms with Gasteiger partial charge >= 0.3 is 19.3 Å². The molecule has 4 rings (SSSR count). The number of hydrogen-bond acceptors (Lipinski definition) is 11. The molecule has 5 atom stereocenters. The maximum atomic E-state index is 13.5. The summed E-state index contributed by atoms with van der Waals surface area (Å²) in [5.74, 6) is -3.60. The average Bonchev–Trinajstić information content (AvgIpc) is 3.41. The van der Waals surface area contributed by atoms with Crippen molar-refractivity contribution in [2.75, 3.05) is 26.4 Å². The Morgan fingerprint density at radius 3 is 2.29 bits per heavy atom. The van der Waals surface area contributed by atoms with Gasteiger partial charge in [-0.2, -0.15) is 0 Å². The molecule has 0 N–H and O–H groups in total. The molecule has 2 saturated heterocycles. The minimum absolute atomic E-state index is 0.00991. The lowest BCUT2D eigenvalue weighted by atomic mass is 10.1. The van der Waals surface area contributed by atoms with Crippen molar-refractivity contribution in [1.29, 1.82) is 0 Å². The van der Waals surface area contributed by atoms with Crippen molar-refractivity contribution >= 4 is 13.6 Å². The van der Waals surface area contributed by atoms with E-state index in [1.54, 1.807) is 34.6 Å². The fourth-order valence-corrected chi connectivity index (χ4v) is 6.54. The summed E-state index contributed by atoms with van der Waals surface area (Å²) in [5.41, 5.74) is -0.282. The van der Waals surface area contributed by atoms with Gasteiger partial charge in [0.25, 0.3) is 11.4 Å². The van der Waals surface area contributed by atoms with Crippen molar-refractivity contribution < 1.29 is 42.1 Å². The van der Waals surface area contributed by atoms with E-state index < -0.39 is 61.0 Å². The summed E-state index contributed by atoms with van der Waals surface area (Å²) in [6, 6.07) is 10.4. The highest BCUT2D eigenvalue weighted by molar-refractivity contribution is 7.55. The minimum atomic E-state index is -4.07. The molecular weight excluding hydrogens is 559 g/mol. The van der Waals surface area contributed by atoms with Crippen LogP contribution in [0.5, 0.6) is 0 Å². The van der Waals surface area contributed by atoms with Crippen LogP contribution >= 0.6 is 7.60 Å². The van der Waals surface area contributed by atoms with Crippen molar-refractivity contribution in [3.8, 4) is 0 Å². The second-order valence-electron chi connectivity index (χ2n) is 9.86. The predicted molar refractivity (Wildman–Crippen MR) is 145 cm³/mol. The highest BCUT2D eigenvalue weighted by Gasteiger charge is 2.57. The number of fused-ring (bicyclic) bond motifs is 1. The molecule has 1 aromatic heterocycles. The van der Waals surface area contributed by atoms with Crippen LogP contribution in [0.25, 0.3) is 0 Å². The Morgan fingerprint density at radius 1 is 1.00 bits per heavy atom. The number of nitrogens with zero attached hydrogens (tertiary/aromatic N) is 2. The molecule has 0 aliphatic carbocycles. The van der Waals surface area contributed by atoms with E-state index in [-0.39, 0.29) is 33.0 Å². The molecule has 41 heavy (non-hydrogen) atoms. The Balaban J connectivity index is 1.62. The zero-order chi connectivity index (χ0) is 29.8. The van der Waals surface area contributed by atoms with E-state index in [4.69, 9.17) is 32.7 Å². The van der Waals surface area contributed by atoms with E-state index in [2.05, 4.69) is 0 Å². The van der Waals surface area contributed by atoms with Crippen molar-refractivity contribution in [3.05, 3.63) is 69.0 Å². The summed E-state index contributed by atoms with van der Waals surface area (Å²) >= 11 is 0. The van der Waals surface area contributed by atoms with E-state index in [0.717, 1.165) is 10.1 Å². The average molecular weight is 597 g/mol. The van der Waals surface area contributed by atoms with E-state index in [1.165, 1.54) is 16.8 Å². The lowest BCUT2D eigenvalue weighted by Crippen LogP contribution is -2.43. The molecule has 2 fully saturated rings. The Bertz CT molecular complexity index is 1350. The summed E-state index contributed by atoms with van der Waals surface area (Å²) in [5, 5.41) is 0. The van der Waals surface area contributed by atoms with Gasteiger partial charge in [-0.15, -0.1) is 0 Å². The van der Waals surface area contributed by atoms with Gasteiger partial charge in [-0.3, -0.25) is 18.5 Å². The lowest BCUT2D eigenvalue weighted by molar-refractivity contribution is -0.204. The lowest BCUT2D eigenvalue weighted by Gasteiger charge is -2.27. The van der Waals surface area contributed by atoms with Crippen LogP contribution in [0.3, 0.4) is 0 Å². The summed E-state index contributed by atoms with van der Waals surface area (Å²) in [6.45, 7) is 8.11. The number of hydrogen-bond donors (Lipinski definition) is 0. The van der Waals surface area contributed by atoms with Crippen molar-refractivity contribution in [2.45, 2.75) is 77.3 Å². The van der Waals surface area contributed by atoms with Crippen molar-refractivity contribution in [3.63, 3.8) is 0 Å². The fraction of sp³-hybridized carbons (Fsp3) is 0.593. The number of aromatic nitrogens is 2. The van der Waals surface area contributed by atoms with Crippen LogP contribution in [0, 0.1) is 0 Å². The maximum Gasteiger partial charge on any atom is 0.370 e. The number of carbonyl (C=O) groups excluding carboxylic acids is 1. The molecule has 0 amide bonds. The van der Waals surface area contributed by atoms with E-state index >= 15 is 0 Å². The van der Waals surface area contributed by atoms with Crippen molar-refractivity contribution in [2.24, 2.45) is 0 Å². The summed E-state index contributed by atoms with van der Waals surface area (Å²) in [7, 11) is -4.07. The monoisotopic (exact) mass is 596 g/mol. The zero-order valence-electron chi connectivity index (χ0n) is 23.8. The van der Waals surface area contributed by atoms with Gasteiger partial charge in [-0.1, -0.05) is 30.3 Å². The van der Waals surface area contributed by atoms with Crippen LogP contribution in [-0.2, 0) is 48.6 Å². The third-order valence-electron chi connectivity index (χ3n) is 6.49. The molecule has 0 saturated carbocycles. The van der Waals surface area contributed by atoms with Gasteiger partial charge in [0.1, 0.15) is 18.3 Å². The van der Waals surface area contributed by atoms with Crippen LogP contribution in [0.1, 0.15) is 46.4 Å². The smallest absolute Gasteiger partial charge is 0.370 e. The van der Waals surface area contributed by atoms with Crippen LogP contribution in [0.15, 0.2) is 52.2 Å². The molecule has 2 aromatic rings. The number of rotatable bonds is 13. The highest BCUT2D eigenvalue weighted by Crippen LogP contribution is 2.54. The fourth-order valence-electron chi connectivity index (χ4n) is 4.87. The van der Waals surface area contributed by atoms with Crippen LogP contribution < -0.4 is 11.2 Å². The Kier molecular flexibility index (Phi) is 10.0. The number of ether oxygens (including phenoxy) is 5. The van der Waals surface area contributed by atoms with Crippen molar-refractivity contribution in [1.82, 2.24) is 9.13 Å². The normalized spacial score (nSPS) is 24.2. The summed E-state index contributed by atoms with van der Waals surface area (Å²) < 4.78 is 55.9. The molecule has 13 nitrogen and oxygen atoms in total. The van der Waals surface area contributed by atoms with Crippen LogP contribution in [-0.4, -0.2) is 71.5 Å². The van der Waals surface area contributed by atoms with Gasteiger partial charge in [-0.25, -0.2) is 9.59 Å². The molecule has 0 bridgehead atoms. The second-order valence-corrected chi connectivity index (χ2v) is 11.9. The number of carbonyl (C=O) groups is 1. The highest BCUT2D eigenvalue weighted by atomic mass is 31.2. The first kappa shape index (κ1) is 31.3. The number of esters is 1. The molecule has 1 aromatic carbocycles. The van der Waals surface area contributed by atoms with E-state index in [1.807, 2.05) is 30.3 Å². The number of benzene rings is 1. The molecular formula is C27H37N2O11P. The minimum Gasteiger partial charge on any atom is -0.464 e. The SMILES string of the molecule is CCOC(=O)C(OC[C@H]1O[C@@H](n2ccc(=O)n(Cc3ccccc3)c2=O)[C@@H]2OC(C)(C)O[C@@H]21)P(=O)(OCC)OCC. The quantitative estimate of drug-likeness (QED) is 0.249. The molecule has 0 radical (unpaired) electrons. The first-order valence-electron chi connectivity index (χ1n) is 13.6. The molecule has 2 aliphatic rings. The second kappa shape index (κ2) is 13.1. The largest absolute Gasteiger partial charge is 0.464 e. The molecule has 226 valence electrons. The summed E-state index contributed by atoms with van der Waals surface area (Å²) in [6.07, 6.45) is -1.98. The molecule has 3 heterocycles. The Labute approximate surface area is 237 Å². The maximum absolute atomic E-state index is 13.5. The van der Waals surface area contributed by atoms with Gasteiger partial charge < -0.3 is 32.7 Å². The molecule has 1 unspecified atom stereocenters. The Hall–Kier alpha value is -2.64. The standard InChI is InChI=1S/C27H37N2O11P/c1-6-34-24(31)25(41(33,36-7-2)37-8-3)35-17-19-21-22(40-27(4,5)39-21)23(38-19)28-15-14-20(30)29(26(28)32)16-18-12-10-9-11-13-18/h9-15,19,21-23,25H,6-8,16-17H2,1-5H3/t19-,21-,22-,23-,25?/m1/s1. The molecule has 14 heteroatoms. The zero-order valence-corrected chi connectivity index (χ0v) is 24.7. The Morgan fingerprint density at radius 2 is 1.66 bits per heavy atom. The van der Waals surface area contributed by atoms with E-state index in [9.17, 15) is 18.9 Å². The van der Waals surface area contributed by atoms with Gasteiger partial charge in [0, 0.05) is 12.3 Å². The van der Waals surface area contributed by atoms with E-state index in [0.29, 0.717) is 0 Å². The van der Waals surface area contributed by atoms with Crippen LogP contribution in [0.4, 0.5) is 0 Å². The molecule has 0 spiro atoms. The van der Waals surface area contributed by atoms with Gasteiger partial charge in [0.2, 0.25) is 0 Å². The van der Waals surface area contributed by atoms with Gasteiger partial charge in [0.15, 0.2) is 12.0 Å². The third-order valence-corrected chi connectivity index (χ3v) is 8.66. The first-order chi connectivity index (χ1) is 19.5. The van der Waals surface area contributed by atoms with Gasteiger partial charge in [0.05, 0.1) is 33.0 Å². The first-order valence-corrected chi connectivity index (χ1v) is 15.2. The van der Waals surface area contributed by atoms with Crippen LogP contribution in [0.2, 0.25) is 0 Å². The topological polar surface area (TPSA) is 143 Å². The summed E-state index contributed by atoms with van der Waals surface area (Å²) in [4.78, 5) is 38.9.